The summed E-state index contributed by atoms with van der Waals surface area (Å²) < 4.78 is 51.4. The van der Waals surface area contributed by atoms with Crippen molar-refractivity contribution in [1.82, 2.24) is 4.31 Å². The molecule has 0 aliphatic carbocycles. The van der Waals surface area contributed by atoms with Crippen LogP contribution in [0.5, 0.6) is 5.75 Å². The number of anilines is 1. The van der Waals surface area contributed by atoms with Gasteiger partial charge in [-0.25, -0.2) is 12.8 Å². The Bertz CT molecular complexity index is 1010. The second-order valence-electron chi connectivity index (χ2n) is 6.34. The van der Waals surface area contributed by atoms with Gasteiger partial charge in [0.1, 0.15) is 11.6 Å². The van der Waals surface area contributed by atoms with Crippen LogP contribution < -0.4 is 10.1 Å². The van der Waals surface area contributed by atoms with Crippen molar-refractivity contribution in [3.8, 4) is 5.75 Å². The van der Waals surface area contributed by atoms with Crippen molar-refractivity contribution in [3.63, 3.8) is 0 Å². The molecular formula is C19H20ClFN2O5S. The van der Waals surface area contributed by atoms with E-state index in [0.717, 1.165) is 6.07 Å². The van der Waals surface area contributed by atoms with Crippen LogP contribution >= 0.6 is 11.6 Å². The van der Waals surface area contributed by atoms with E-state index in [0.29, 0.717) is 13.2 Å². The molecule has 1 fully saturated rings. The topological polar surface area (TPSA) is 84.9 Å². The molecular weight excluding hydrogens is 423 g/mol. The summed E-state index contributed by atoms with van der Waals surface area (Å²) in [6.45, 7) is 1.16. The Hall–Kier alpha value is -2.20. The molecule has 29 heavy (non-hydrogen) atoms. The number of nitrogens with one attached hydrogen (secondary N) is 1. The Morgan fingerprint density at radius 3 is 2.62 bits per heavy atom. The van der Waals surface area contributed by atoms with E-state index in [4.69, 9.17) is 21.1 Å². The molecule has 156 valence electrons. The van der Waals surface area contributed by atoms with Crippen molar-refractivity contribution in [2.75, 3.05) is 38.7 Å². The molecule has 0 spiro atoms. The molecule has 1 heterocycles. The first-order chi connectivity index (χ1) is 13.8. The Labute approximate surface area is 173 Å². The van der Waals surface area contributed by atoms with E-state index in [-0.39, 0.29) is 46.4 Å². The van der Waals surface area contributed by atoms with E-state index >= 15 is 0 Å². The lowest BCUT2D eigenvalue weighted by Gasteiger charge is -2.26. The fourth-order valence-electron chi connectivity index (χ4n) is 2.91. The number of hydrogen-bond acceptors (Lipinski definition) is 5. The van der Waals surface area contributed by atoms with Gasteiger partial charge in [-0.15, -0.1) is 0 Å². The zero-order chi connectivity index (χ0) is 21.0. The summed E-state index contributed by atoms with van der Waals surface area (Å²) in [5.74, 6) is -0.829. The number of sulfonamides is 1. The van der Waals surface area contributed by atoms with Gasteiger partial charge in [0.25, 0.3) is 0 Å². The number of benzene rings is 2. The molecule has 10 heteroatoms. The molecule has 1 N–H and O–H groups in total. The number of amides is 1. The van der Waals surface area contributed by atoms with Gasteiger partial charge >= 0.3 is 0 Å². The highest BCUT2D eigenvalue weighted by atomic mass is 35.5. The number of halogens is 2. The van der Waals surface area contributed by atoms with Crippen LogP contribution in [0.15, 0.2) is 41.3 Å². The van der Waals surface area contributed by atoms with Gasteiger partial charge in [-0.3, -0.25) is 4.79 Å². The fourth-order valence-corrected chi connectivity index (χ4v) is 4.51. The monoisotopic (exact) mass is 442 g/mol. The summed E-state index contributed by atoms with van der Waals surface area (Å²) in [4.78, 5) is 12.4. The van der Waals surface area contributed by atoms with Gasteiger partial charge in [-0.05, 0) is 35.9 Å². The smallest absolute Gasteiger partial charge is 0.243 e. The van der Waals surface area contributed by atoms with Crippen LogP contribution in [0.4, 0.5) is 10.1 Å². The van der Waals surface area contributed by atoms with Crippen LogP contribution in [0.3, 0.4) is 0 Å². The number of hydrogen-bond donors (Lipinski definition) is 1. The zero-order valence-corrected chi connectivity index (χ0v) is 17.2. The van der Waals surface area contributed by atoms with Crippen LogP contribution in [0, 0.1) is 5.82 Å². The highest BCUT2D eigenvalue weighted by molar-refractivity contribution is 7.89. The lowest BCUT2D eigenvalue weighted by atomic mass is 10.1. The summed E-state index contributed by atoms with van der Waals surface area (Å²) in [7, 11) is -2.34. The van der Waals surface area contributed by atoms with Gasteiger partial charge in [0, 0.05) is 18.1 Å². The molecule has 0 radical (unpaired) electrons. The van der Waals surface area contributed by atoms with E-state index in [1.54, 1.807) is 0 Å². The lowest BCUT2D eigenvalue weighted by molar-refractivity contribution is -0.115. The normalized spacial score (nSPS) is 15.1. The van der Waals surface area contributed by atoms with E-state index in [1.807, 2.05) is 0 Å². The van der Waals surface area contributed by atoms with Gasteiger partial charge in [0.15, 0.2) is 0 Å². The second-order valence-corrected chi connectivity index (χ2v) is 8.71. The summed E-state index contributed by atoms with van der Waals surface area (Å²) in [5, 5.41) is 2.83. The summed E-state index contributed by atoms with van der Waals surface area (Å²) in [5.41, 5.74) is 0.351. The summed E-state index contributed by atoms with van der Waals surface area (Å²) in [6, 6.07) is 8.25. The van der Waals surface area contributed by atoms with Crippen molar-refractivity contribution < 1.29 is 27.1 Å². The third-order valence-electron chi connectivity index (χ3n) is 4.42. The van der Waals surface area contributed by atoms with E-state index < -0.39 is 21.7 Å². The van der Waals surface area contributed by atoms with Crippen LogP contribution in [-0.4, -0.2) is 52.0 Å². The zero-order valence-electron chi connectivity index (χ0n) is 15.7. The first-order valence-electron chi connectivity index (χ1n) is 8.81. The van der Waals surface area contributed by atoms with Gasteiger partial charge in [0.05, 0.1) is 37.3 Å². The molecule has 2 aromatic rings. The number of carbonyl (C=O) groups excluding carboxylic acids is 1. The Kier molecular flexibility index (Phi) is 6.74. The van der Waals surface area contributed by atoms with Gasteiger partial charge in [-0.1, -0.05) is 17.7 Å². The average molecular weight is 443 g/mol. The summed E-state index contributed by atoms with van der Waals surface area (Å²) >= 11 is 5.72. The summed E-state index contributed by atoms with van der Waals surface area (Å²) in [6.07, 6.45) is -0.243. The molecule has 1 aliphatic rings. The van der Waals surface area contributed by atoms with Gasteiger partial charge in [-0.2, -0.15) is 4.31 Å². The van der Waals surface area contributed by atoms with Crippen molar-refractivity contribution in [2.45, 2.75) is 11.3 Å². The molecule has 0 saturated carbocycles. The lowest BCUT2D eigenvalue weighted by Crippen LogP contribution is -2.40. The molecule has 0 aromatic heterocycles. The minimum Gasteiger partial charge on any atom is -0.495 e. The largest absolute Gasteiger partial charge is 0.495 e. The fraction of sp³-hybridized carbons (Fsp3) is 0.316. The number of carbonyl (C=O) groups is 1. The third-order valence-corrected chi connectivity index (χ3v) is 6.55. The number of morpholine rings is 1. The first kappa shape index (κ1) is 21.5. The van der Waals surface area contributed by atoms with E-state index in [9.17, 15) is 17.6 Å². The predicted octanol–water partition coefficient (Wildman–Crippen LogP) is 2.69. The molecule has 3 rings (SSSR count). The van der Waals surface area contributed by atoms with Gasteiger partial charge < -0.3 is 14.8 Å². The van der Waals surface area contributed by atoms with E-state index in [2.05, 4.69) is 5.32 Å². The standard InChI is InChI=1S/C19H20ClFN2O5S/c1-27-18-5-4-15(29(25,26)23-6-8-28-9-7-23)12-17(18)22-19(24)10-13-2-3-14(20)11-16(13)21/h2-5,11-12H,6-10H2,1H3,(H,22,24). The maximum Gasteiger partial charge on any atom is 0.243 e. The Morgan fingerprint density at radius 2 is 1.97 bits per heavy atom. The molecule has 0 bridgehead atoms. The quantitative estimate of drug-likeness (QED) is 0.743. The maximum atomic E-state index is 13.9. The molecule has 1 aliphatic heterocycles. The SMILES string of the molecule is COc1ccc(S(=O)(=O)N2CCOCC2)cc1NC(=O)Cc1ccc(Cl)cc1F. The number of nitrogens with zero attached hydrogens (tertiary/aromatic N) is 1. The molecule has 1 saturated heterocycles. The average Bonchev–Trinajstić information content (AvgIpc) is 2.70. The van der Waals surface area contributed by atoms with E-state index in [1.165, 1.54) is 41.7 Å². The van der Waals surface area contributed by atoms with Crippen molar-refractivity contribution >= 4 is 33.2 Å². The molecule has 1 amide bonds. The second kappa shape index (κ2) is 9.08. The van der Waals surface area contributed by atoms with Crippen LogP contribution in [0.25, 0.3) is 0 Å². The van der Waals surface area contributed by atoms with Crippen molar-refractivity contribution in [2.24, 2.45) is 0 Å². The number of methoxy groups -OCH3 is 1. The minimum absolute atomic E-state index is 0.0215. The first-order valence-corrected chi connectivity index (χ1v) is 10.6. The number of ether oxygens (including phenoxy) is 2. The highest BCUT2D eigenvalue weighted by Crippen LogP contribution is 2.29. The maximum absolute atomic E-state index is 13.9. The van der Waals surface area contributed by atoms with Crippen LogP contribution in [0.1, 0.15) is 5.56 Å². The molecule has 7 nitrogen and oxygen atoms in total. The van der Waals surface area contributed by atoms with Crippen molar-refractivity contribution in [1.29, 1.82) is 0 Å². The Balaban J connectivity index is 1.82. The molecule has 0 unspecified atom stereocenters. The number of rotatable bonds is 6. The Morgan fingerprint density at radius 1 is 1.24 bits per heavy atom. The minimum atomic E-state index is -3.74. The van der Waals surface area contributed by atoms with Crippen molar-refractivity contribution in [3.05, 3.63) is 52.8 Å². The highest BCUT2D eigenvalue weighted by Gasteiger charge is 2.27. The van der Waals surface area contributed by atoms with Gasteiger partial charge in [0.2, 0.25) is 15.9 Å². The molecule has 0 atom stereocenters. The third kappa shape index (κ3) is 5.05. The predicted molar refractivity (Wildman–Crippen MR) is 106 cm³/mol. The molecule has 2 aromatic carbocycles. The van der Waals surface area contributed by atoms with Crippen LogP contribution in [0.2, 0.25) is 5.02 Å². The van der Waals surface area contributed by atoms with Crippen LogP contribution in [-0.2, 0) is 26.0 Å².